The van der Waals surface area contributed by atoms with E-state index in [0.29, 0.717) is 0 Å². The van der Waals surface area contributed by atoms with Gasteiger partial charge in [0.15, 0.2) is 5.54 Å². The lowest BCUT2D eigenvalue weighted by atomic mass is 10.1. The summed E-state index contributed by atoms with van der Waals surface area (Å²) in [4.78, 5) is 11.5. The summed E-state index contributed by atoms with van der Waals surface area (Å²) < 4.78 is 7.24. The van der Waals surface area contributed by atoms with E-state index in [9.17, 15) is 4.79 Å². The Labute approximate surface area is 91.4 Å². The van der Waals surface area contributed by atoms with Crippen LogP contribution in [0.1, 0.15) is 19.5 Å². The monoisotopic (exact) mass is 260 g/mol. The van der Waals surface area contributed by atoms with E-state index < -0.39 is 5.54 Å². The molecule has 78 valence electrons. The van der Waals surface area contributed by atoms with Gasteiger partial charge in [-0.1, -0.05) is 0 Å². The maximum absolute atomic E-state index is 11.5. The molecule has 0 saturated heterocycles. The van der Waals surface area contributed by atoms with Crippen molar-refractivity contribution >= 4 is 21.9 Å². The van der Waals surface area contributed by atoms with Gasteiger partial charge in [-0.2, -0.15) is 5.10 Å². The van der Waals surface area contributed by atoms with Gasteiger partial charge in [0.1, 0.15) is 0 Å². The lowest BCUT2D eigenvalue weighted by Gasteiger charge is -2.23. The van der Waals surface area contributed by atoms with Crippen LogP contribution in [0.4, 0.5) is 0 Å². The van der Waals surface area contributed by atoms with E-state index in [-0.39, 0.29) is 5.97 Å². The Morgan fingerprint density at radius 1 is 1.64 bits per heavy atom. The molecule has 4 nitrogen and oxygen atoms in total. The third-order valence-electron chi connectivity index (χ3n) is 2.16. The summed E-state index contributed by atoms with van der Waals surface area (Å²) in [7, 11) is 1.37. The van der Waals surface area contributed by atoms with Crippen molar-refractivity contribution in [3.8, 4) is 0 Å². The van der Waals surface area contributed by atoms with Gasteiger partial charge in [0.05, 0.1) is 23.5 Å². The topological polar surface area (TPSA) is 44.1 Å². The molecule has 0 aliphatic heterocycles. The summed E-state index contributed by atoms with van der Waals surface area (Å²) in [5.74, 6) is -0.309. The van der Waals surface area contributed by atoms with Crippen molar-refractivity contribution in [2.45, 2.75) is 26.3 Å². The van der Waals surface area contributed by atoms with Crippen LogP contribution >= 0.6 is 15.9 Å². The maximum atomic E-state index is 11.5. The number of carbonyl (C=O) groups excluding carboxylic acids is 1. The molecule has 0 spiro atoms. The van der Waals surface area contributed by atoms with Crippen LogP contribution in [0.5, 0.6) is 0 Å². The van der Waals surface area contributed by atoms with Gasteiger partial charge < -0.3 is 4.74 Å². The number of esters is 1. The SMILES string of the molecule is COC(=O)C(C)(C)n1ncc(Br)c1C. The lowest BCUT2D eigenvalue weighted by molar-refractivity contribution is -0.150. The van der Waals surface area contributed by atoms with Crippen LogP contribution in [0.3, 0.4) is 0 Å². The smallest absolute Gasteiger partial charge is 0.333 e. The molecule has 0 bridgehead atoms. The molecule has 1 heterocycles. The first-order chi connectivity index (χ1) is 6.41. The minimum Gasteiger partial charge on any atom is -0.467 e. The Bertz CT molecular complexity index is 358. The lowest BCUT2D eigenvalue weighted by Crippen LogP contribution is -2.38. The Balaban J connectivity index is 3.16. The first-order valence-corrected chi connectivity index (χ1v) is 4.99. The van der Waals surface area contributed by atoms with Gasteiger partial charge in [-0.25, -0.2) is 4.79 Å². The third-order valence-corrected chi connectivity index (χ3v) is 2.94. The Hall–Kier alpha value is -0.840. The number of halogens is 1. The summed E-state index contributed by atoms with van der Waals surface area (Å²) in [6, 6.07) is 0. The number of methoxy groups -OCH3 is 1. The zero-order valence-electron chi connectivity index (χ0n) is 8.67. The van der Waals surface area contributed by atoms with Crippen molar-refractivity contribution in [1.29, 1.82) is 0 Å². The minimum atomic E-state index is -0.773. The van der Waals surface area contributed by atoms with Crippen LogP contribution in [0.15, 0.2) is 10.7 Å². The molecule has 0 aliphatic rings. The summed E-state index contributed by atoms with van der Waals surface area (Å²) in [5.41, 5.74) is 0.130. The summed E-state index contributed by atoms with van der Waals surface area (Å²) in [6.07, 6.45) is 1.67. The molecular formula is C9H13BrN2O2. The Morgan fingerprint density at radius 2 is 2.21 bits per heavy atom. The van der Waals surface area contributed by atoms with Gasteiger partial charge in [-0.15, -0.1) is 0 Å². The van der Waals surface area contributed by atoms with Crippen molar-refractivity contribution in [2.75, 3.05) is 7.11 Å². The second-order valence-electron chi connectivity index (χ2n) is 3.54. The minimum absolute atomic E-state index is 0.309. The molecule has 14 heavy (non-hydrogen) atoms. The molecule has 0 saturated carbocycles. The van der Waals surface area contributed by atoms with E-state index in [4.69, 9.17) is 4.74 Å². The van der Waals surface area contributed by atoms with Gasteiger partial charge in [0, 0.05) is 0 Å². The van der Waals surface area contributed by atoms with Crippen molar-refractivity contribution in [1.82, 2.24) is 9.78 Å². The van der Waals surface area contributed by atoms with Crippen LogP contribution < -0.4 is 0 Å². The van der Waals surface area contributed by atoms with E-state index in [1.807, 2.05) is 6.92 Å². The first kappa shape index (κ1) is 11.2. The second kappa shape index (κ2) is 3.73. The van der Waals surface area contributed by atoms with Crippen molar-refractivity contribution in [2.24, 2.45) is 0 Å². The van der Waals surface area contributed by atoms with Crippen LogP contribution in [0, 0.1) is 6.92 Å². The molecule has 0 aromatic carbocycles. The average Bonchev–Trinajstić information content (AvgIpc) is 2.46. The number of rotatable bonds is 2. The van der Waals surface area contributed by atoms with Gasteiger partial charge >= 0.3 is 5.97 Å². The summed E-state index contributed by atoms with van der Waals surface area (Å²) in [6.45, 7) is 5.43. The van der Waals surface area contributed by atoms with E-state index in [1.165, 1.54) is 7.11 Å². The average molecular weight is 261 g/mol. The maximum Gasteiger partial charge on any atom is 0.333 e. The van der Waals surface area contributed by atoms with Crippen molar-refractivity contribution in [3.63, 3.8) is 0 Å². The largest absolute Gasteiger partial charge is 0.467 e. The number of hydrogen-bond donors (Lipinski definition) is 0. The van der Waals surface area contributed by atoms with Gasteiger partial charge in [0.25, 0.3) is 0 Å². The standard InChI is InChI=1S/C9H13BrN2O2/c1-6-7(10)5-11-12(6)9(2,3)8(13)14-4/h5H,1-4H3. The summed E-state index contributed by atoms with van der Waals surface area (Å²) >= 11 is 3.34. The zero-order chi connectivity index (χ0) is 10.9. The molecule has 1 aromatic heterocycles. The molecule has 0 unspecified atom stereocenters. The molecular weight excluding hydrogens is 248 g/mol. The highest BCUT2D eigenvalue weighted by Gasteiger charge is 2.33. The Kier molecular flexibility index (Phi) is 2.99. The van der Waals surface area contributed by atoms with Crippen LogP contribution in [-0.4, -0.2) is 22.9 Å². The number of hydrogen-bond acceptors (Lipinski definition) is 3. The predicted molar refractivity (Wildman–Crippen MR) is 56.0 cm³/mol. The molecule has 0 radical (unpaired) electrons. The van der Waals surface area contributed by atoms with Crippen molar-refractivity contribution in [3.05, 3.63) is 16.4 Å². The quantitative estimate of drug-likeness (QED) is 0.763. The van der Waals surface area contributed by atoms with E-state index in [2.05, 4.69) is 21.0 Å². The van der Waals surface area contributed by atoms with Gasteiger partial charge in [-0.05, 0) is 36.7 Å². The van der Waals surface area contributed by atoms with Gasteiger partial charge in [-0.3, -0.25) is 4.68 Å². The molecule has 1 aromatic rings. The van der Waals surface area contributed by atoms with E-state index in [1.54, 1.807) is 24.7 Å². The number of nitrogens with zero attached hydrogens (tertiary/aromatic N) is 2. The summed E-state index contributed by atoms with van der Waals surface area (Å²) in [5, 5.41) is 4.12. The van der Waals surface area contributed by atoms with Crippen LogP contribution in [0.2, 0.25) is 0 Å². The highest BCUT2D eigenvalue weighted by Crippen LogP contribution is 2.23. The number of ether oxygens (including phenoxy) is 1. The fraction of sp³-hybridized carbons (Fsp3) is 0.556. The van der Waals surface area contributed by atoms with Gasteiger partial charge in [0.2, 0.25) is 0 Å². The predicted octanol–water partition coefficient (Wildman–Crippen LogP) is 1.86. The second-order valence-corrected chi connectivity index (χ2v) is 4.39. The van der Waals surface area contributed by atoms with Crippen molar-refractivity contribution < 1.29 is 9.53 Å². The van der Waals surface area contributed by atoms with E-state index in [0.717, 1.165) is 10.2 Å². The number of aromatic nitrogens is 2. The molecule has 1 rings (SSSR count). The molecule has 0 amide bonds. The highest BCUT2D eigenvalue weighted by molar-refractivity contribution is 9.10. The van der Waals surface area contributed by atoms with Crippen LogP contribution in [-0.2, 0) is 15.1 Å². The molecule has 0 aliphatic carbocycles. The third kappa shape index (κ3) is 1.68. The van der Waals surface area contributed by atoms with Crippen LogP contribution in [0.25, 0.3) is 0 Å². The molecule has 0 fully saturated rings. The highest BCUT2D eigenvalue weighted by atomic mass is 79.9. The fourth-order valence-corrected chi connectivity index (χ4v) is 1.55. The van der Waals surface area contributed by atoms with E-state index >= 15 is 0 Å². The molecule has 5 heteroatoms. The molecule has 0 atom stereocenters. The number of carbonyl (C=O) groups is 1. The molecule has 0 N–H and O–H groups in total. The zero-order valence-corrected chi connectivity index (χ0v) is 10.3. The Morgan fingerprint density at radius 3 is 2.57 bits per heavy atom. The normalized spacial score (nSPS) is 11.5. The fourth-order valence-electron chi connectivity index (χ4n) is 1.29. The first-order valence-electron chi connectivity index (χ1n) is 4.20.